The van der Waals surface area contributed by atoms with Gasteiger partial charge in [-0.25, -0.2) is 4.79 Å². The predicted molar refractivity (Wildman–Crippen MR) is 143 cm³/mol. The van der Waals surface area contributed by atoms with Gasteiger partial charge in [0, 0.05) is 17.8 Å². The lowest BCUT2D eigenvalue weighted by atomic mass is 10.0. The first-order valence-corrected chi connectivity index (χ1v) is 12.5. The van der Waals surface area contributed by atoms with Crippen LogP contribution >= 0.6 is 0 Å². The van der Waals surface area contributed by atoms with Crippen LogP contribution in [-0.4, -0.2) is 42.2 Å². The van der Waals surface area contributed by atoms with Gasteiger partial charge in [-0.3, -0.25) is 9.59 Å². The molecule has 8 heteroatoms. The summed E-state index contributed by atoms with van der Waals surface area (Å²) in [5.74, 6) is 0.0623. The highest BCUT2D eigenvalue weighted by atomic mass is 16.6. The molecular formula is C29H37N3O5. The van der Waals surface area contributed by atoms with E-state index in [4.69, 9.17) is 9.47 Å². The number of ether oxygens (including phenoxy) is 2. The molecule has 0 saturated heterocycles. The Hall–Kier alpha value is -3.81. The molecule has 1 unspecified atom stereocenters. The lowest BCUT2D eigenvalue weighted by Crippen LogP contribution is -2.53. The first kappa shape index (κ1) is 27.8. The zero-order chi connectivity index (χ0) is 27.1. The Bertz CT molecular complexity index is 1110. The normalized spacial score (nSPS) is 19.5. The third-order valence-corrected chi connectivity index (χ3v) is 6.18. The van der Waals surface area contributed by atoms with Gasteiger partial charge >= 0.3 is 6.09 Å². The van der Waals surface area contributed by atoms with Gasteiger partial charge in [-0.15, -0.1) is 0 Å². The van der Waals surface area contributed by atoms with Crippen molar-refractivity contribution >= 4 is 23.6 Å². The van der Waals surface area contributed by atoms with E-state index in [0.717, 1.165) is 5.56 Å². The zero-order valence-electron chi connectivity index (χ0n) is 22.2. The topological polar surface area (TPSA) is 106 Å². The van der Waals surface area contributed by atoms with Crippen molar-refractivity contribution in [3.63, 3.8) is 0 Å². The maximum Gasteiger partial charge on any atom is 0.408 e. The summed E-state index contributed by atoms with van der Waals surface area (Å²) in [6.07, 6.45) is 4.29. The molecule has 198 valence electrons. The third-order valence-electron chi connectivity index (χ3n) is 6.18. The molecule has 2 aromatic rings. The van der Waals surface area contributed by atoms with Gasteiger partial charge in [-0.05, 0) is 75.8 Å². The second-order valence-electron chi connectivity index (χ2n) is 10.4. The number of anilines is 1. The Balaban J connectivity index is 1.68. The van der Waals surface area contributed by atoms with Crippen molar-refractivity contribution in [1.29, 1.82) is 0 Å². The van der Waals surface area contributed by atoms with Crippen LogP contribution < -0.4 is 20.7 Å². The van der Waals surface area contributed by atoms with Crippen LogP contribution in [0.5, 0.6) is 5.75 Å². The van der Waals surface area contributed by atoms with Crippen LogP contribution in [0.4, 0.5) is 10.5 Å². The van der Waals surface area contributed by atoms with Gasteiger partial charge in [0.15, 0.2) is 0 Å². The van der Waals surface area contributed by atoms with Gasteiger partial charge in [-0.1, -0.05) is 43.3 Å². The Morgan fingerprint density at radius 2 is 1.73 bits per heavy atom. The summed E-state index contributed by atoms with van der Waals surface area (Å²) in [6.45, 7) is 7.24. The van der Waals surface area contributed by atoms with Crippen molar-refractivity contribution in [3.8, 4) is 5.75 Å². The summed E-state index contributed by atoms with van der Waals surface area (Å²) in [6, 6.07) is 16.5. The van der Waals surface area contributed by atoms with Crippen molar-refractivity contribution in [1.82, 2.24) is 10.6 Å². The number of hydrogen-bond acceptors (Lipinski definition) is 5. The van der Waals surface area contributed by atoms with Gasteiger partial charge in [-0.2, -0.15) is 0 Å². The Labute approximate surface area is 218 Å². The van der Waals surface area contributed by atoms with Crippen LogP contribution in [0.3, 0.4) is 0 Å². The molecule has 37 heavy (non-hydrogen) atoms. The van der Waals surface area contributed by atoms with Crippen LogP contribution in [0.15, 0.2) is 66.7 Å². The molecule has 8 nitrogen and oxygen atoms in total. The fraction of sp³-hybridized carbons (Fsp3) is 0.414. The molecule has 0 radical (unpaired) electrons. The van der Waals surface area contributed by atoms with Crippen LogP contribution in [0.2, 0.25) is 0 Å². The number of nitrogens with one attached hydrogen (secondary N) is 3. The van der Waals surface area contributed by atoms with Gasteiger partial charge in [0.05, 0.1) is 7.11 Å². The van der Waals surface area contributed by atoms with Crippen molar-refractivity contribution in [2.45, 2.75) is 64.1 Å². The highest BCUT2D eigenvalue weighted by Gasteiger charge is 2.59. The van der Waals surface area contributed by atoms with Crippen LogP contribution in [0.25, 0.3) is 0 Å². The molecule has 3 rings (SSSR count). The smallest absolute Gasteiger partial charge is 0.408 e. The van der Waals surface area contributed by atoms with E-state index >= 15 is 0 Å². The van der Waals surface area contributed by atoms with E-state index in [1.165, 1.54) is 6.08 Å². The number of benzene rings is 2. The molecule has 3 N–H and O–H groups in total. The van der Waals surface area contributed by atoms with Crippen molar-refractivity contribution in [2.75, 3.05) is 12.4 Å². The van der Waals surface area contributed by atoms with Gasteiger partial charge in [0.1, 0.15) is 16.9 Å². The Morgan fingerprint density at radius 1 is 1.08 bits per heavy atom. The molecule has 1 saturated carbocycles. The fourth-order valence-corrected chi connectivity index (χ4v) is 4.00. The average Bonchev–Trinajstić information content (AvgIpc) is 3.50. The van der Waals surface area contributed by atoms with E-state index in [9.17, 15) is 14.4 Å². The standard InChI is InChI=1S/C29H37N3O5/c1-20-19-29(20,32-27(35)37-28(2,3)4)26(34)31-23(12-11-21-9-7-6-8-10-21)15-18-25(33)30-22-13-16-24(36-5)17-14-22/h6-10,13-18,20,23H,11-12,19H2,1-5H3,(H,30,33)(H,31,34)(H,32,35)/b18-15+/t20-,23+,29?/m1/s1. The highest BCUT2D eigenvalue weighted by Crippen LogP contribution is 2.43. The largest absolute Gasteiger partial charge is 0.497 e. The zero-order valence-corrected chi connectivity index (χ0v) is 22.2. The van der Waals surface area contributed by atoms with E-state index in [2.05, 4.69) is 16.0 Å². The quantitative estimate of drug-likeness (QED) is 0.407. The Kier molecular flexibility index (Phi) is 8.97. The molecule has 0 bridgehead atoms. The number of carbonyl (C=O) groups excluding carboxylic acids is 3. The molecule has 0 spiro atoms. The molecule has 1 aliphatic carbocycles. The van der Waals surface area contributed by atoms with Crippen molar-refractivity contribution < 1.29 is 23.9 Å². The van der Waals surface area contributed by atoms with Gasteiger partial charge in [0.25, 0.3) is 0 Å². The molecular weight excluding hydrogens is 470 g/mol. The second kappa shape index (κ2) is 12.0. The van der Waals surface area contributed by atoms with Gasteiger partial charge in [0.2, 0.25) is 11.8 Å². The lowest BCUT2D eigenvalue weighted by molar-refractivity contribution is -0.125. The first-order chi connectivity index (χ1) is 17.5. The molecule has 1 fully saturated rings. The maximum absolute atomic E-state index is 13.3. The minimum atomic E-state index is -1.02. The summed E-state index contributed by atoms with van der Waals surface area (Å²) in [7, 11) is 1.58. The summed E-state index contributed by atoms with van der Waals surface area (Å²) in [5, 5.41) is 8.61. The molecule has 0 heterocycles. The van der Waals surface area contributed by atoms with E-state index < -0.39 is 23.3 Å². The molecule has 3 amide bonds. The summed E-state index contributed by atoms with van der Waals surface area (Å²) < 4.78 is 10.5. The fourth-order valence-electron chi connectivity index (χ4n) is 4.00. The average molecular weight is 508 g/mol. The van der Waals surface area contributed by atoms with E-state index in [1.807, 2.05) is 37.3 Å². The van der Waals surface area contributed by atoms with E-state index in [0.29, 0.717) is 30.7 Å². The number of aryl methyl sites for hydroxylation is 1. The molecule has 2 aromatic carbocycles. The maximum atomic E-state index is 13.3. The van der Waals surface area contributed by atoms with E-state index in [1.54, 1.807) is 58.2 Å². The lowest BCUT2D eigenvalue weighted by Gasteiger charge is -2.25. The molecule has 0 aromatic heterocycles. The number of alkyl carbamates (subject to hydrolysis) is 1. The highest BCUT2D eigenvalue weighted by molar-refractivity contribution is 5.99. The summed E-state index contributed by atoms with van der Waals surface area (Å²) in [5.41, 5.74) is 0.0665. The minimum absolute atomic E-state index is 0.0304. The van der Waals surface area contributed by atoms with Crippen LogP contribution in [-0.2, 0) is 20.7 Å². The van der Waals surface area contributed by atoms with Crippen molar-refractivity contribution in [2.24, 2.45) is 5.92 Å². The first-order valence-electron chi connectivity index (χ1n) is 12.5. The molecule has 3 atom stereocenters. The number of methoxy groups -OCH3 is 1. The number of hydrogen-bond donors (Lipinski definition) is 3. The number of rotatable bonds is 10. The predicted octanol–water partition coefficient (Wildman–Crippen LogP) is 4.61. The van der Waals surface area contributed by atoms with E-state index in [-0.39, 0.29) is 17.7 Å². The Morgan fingerprint density at radius 3 is 2.30 bits per heavy atom. The minimum Gasteiger partial charge on any atom is -0.497 e. The van der Waals surface area contributed by atoms with Crippen molar-refractivity contribution in [3.05, 3.63) is 72.3 Å². The summed E-state index contributed by atoms with van der Waals surface area (Å²) in [4.78, 5) is 38.3. The number of carbonyl (C=O) groups is 3. The molecule has 1 aliphatic rings. The van der Waals surface area contributed by atoms with Crippen LogP contribution in [0, 0.1) is 5.92 Å². The SMILES string of the molecule is COc1ccc(NC(=O)/C=C/[C@H](CCc2ccccc2)NC(=O)C2(NC(=O)OC(C)(C)C)C[C@H]2C)cc1. The van der Waals surface area contributed by atoms with Gasteiger partial charge < -0.3 is 25.4 Å². The van der Waals surface area contributed by atoms with Crippen LogP contribution in [0.1, 0.15) is 46.1 Å². The molecule has 0 aliphatic heterocycles. The summed E-state index contributed by atoms with van der Waals surface area (Å²) >= 11 is 0. The third kappa shape index (κ3) is 8.37. The monoisotopic (exact) mass is 507 g/mol. The second-order valence-corrected chi connectivity index (χ2v) is 10.4. The number of amides is 3.